The summed E-state index contributed by atoms with van der Waals surface area (Å²) in [6, 6.07) is 3.72. The van der Waals surface area contributed by atoms with E-state index in [1.54, 1.807) is 6.92 Å². The van der Waals surface area contributed by atoms with Crippen LogP contribution < -0.4 is 5.32 Å². The number of likely N-dealkylation sites (tertiary alicyclic amines) is 1. The van der Waals surface area contributed by atoms with Crippen LogP contribution in [0.15, 0.2) is 17.5 Å². The summed E-state index contributed by atoms with van der Waals surface area (Å²) < 4.78 is 0. The minimum atomic E-state index is -1.01. The van der Waals surface area contributed by atoms with Gasteiger partial charge >= 0.3 is 0 Å². The summed E-state index contributed by atoms with van der Waals surface area (Å²) in [5.41, 5.74) is -1.01. The highest BCUT2D eigenvalue weighted by Gasteiger charge is 2.32. The van der Waals surface area contributed by atoms with Crippen LogP contribution in [0.1, 0.15) is 44.9 Å². The maximum absolute atomic E-state index is 12.6. The number of carbonyl (C=O) groups excluding carboxylic acids is 1. The van der Waals surface area contributed by atoms with Gasteiger partial charge in [-0.2, -0.15) is 0 Å². The third-order valence-corrected chi connectivity index (χ3v) is 5.47. The van der Waals surface area contributed by atoms with Gasteiger partial charge in [-0.3, -0.25) is 9.69 Å². The second-order valence-electron chi connectivity index (χ2n) is 6.75. The van der Waals surface area contributed by atoms with E-state index in [2.05, 4.69) is 24.1 Å². The summed E-state index contributed by atoms with van der Waals surface area (Å²) in [7, 11) is 0. The first-order valence-corrected chi connectivity index (χ1v) is 9.08. The molecular formula is C17H28N2O2S. The first-order valence-electron chi connectivity index (χ1n) is 8.20. The zero-order chi connectivity index (χ0) is 16.2. The van der Waals surface area contributed by atoms with E-state index in [-0.39, 0.29) is 24.4 Å². The number of nitrogens with zero attached hydrogens (tertiary/aromatic N) is 1. The van der Waals surface area contributed by atoms with Gasteiger partial charge in [-0.15, -0.1) is 11.3 Å². The fourth-order valence-electron chi connectivity index (χ4n) is 3.12. The molecule has 4 nitrogen and oxygen atoms in total. The van der Waals surface area contributed by atoms with E-state index >= 15 is 0 Å². The monoisotopic (exact) mass is 324 g/mol. The average Bonchev–Trinajstić information content (AvgIpc) is 3.01. The van der Waals surface area contributed by atoms with Crippen LogP contribution in [-0.2, 0) is 10.4 Å². The van der Waals surface area contributed by atoms with Gasteiger partial charge in [0.25, 0.3) is 0 Å². The van der Waals surface area contributed by atoms with Gasteiger partial charge in [0.2, 0.25) is 5.91 Å². The van der Waals surface area contributed by atoms with Gasteiger partial charge in [0.1, 0.15) is 5.60 Å². The zero-order valence-corrected chi connectivity index (χ0v) is 14.7. The van der Waals surface area contributed by atoms with E-state index in [0.717, 1.165) is 18.0 Å². The molecule has 1 saturated heterocycles. The summed E-state index contributed by atoms with van der Waals surface area (Å²) in [5, 5.41) is 15.4. The van der Waals surface area contributed by atoms with Crippen molar-refractivity contribution in [3.63, 3.8) is 0 Å². The molecule has 0 bridgehead atoms. The highest BCUT2D eigenvalue weighted by atomic mass is 32.1. The van der Waals surface area contributed by atoms with Crippen molar-refractivity contribution >= 4 is 17.2 Å². The topological polar surface area (TPSA) is 52.6 Å². The Labute approximate surface area is 137 Å². The van der Waals surface area contributed by atoms with E-state index in [0.29, 0.717) is 0 Å². The summed E-state index contributed by atoms with van der Waals surface area (Å²) in [4.78, 5) is 15.8. The van der Waals surface area contributed by atoms with Crippen LogP contribution in [0.25, 0.3) is 0 Å². The highest BCUT2D eigenvalue weighted by Crippen LogP contribution is 2.25. The van der Waals surface area contributed by atoms with Crippen LogP contribution >= 0.6 is 11.3 Å². The minimum Gasteiger partial charge on any atom is -0.383 e. The predicted octanol–water partition coefficient (Wildman–Crippen LogP) is 2.58. The third-order valence-electron chi connectivity index (χ3n) is 4.34. The summed E-state index contributed by atoms with van der Waals surface area (Å²) in [6.07, 6.45) is 3.60. The Morgan fingerprint density at radius 2 is 2.09 bits per heavy atom. The van der Waals surface area contributed by atoms with E-state index in [4.69, 9.17) is 0 Å². The quantitative estimate of drug-likeness (QED) is 0.846. The molecule has 2 heterocycles. The van der Waals surface area contributed by atoms with Gasteiger partial charge in [-0.25, -0.2) is 0 Å². The van der Waals surface area contributed by atoms with E-state index in [1.165, 1.54) is 30.6 Å². The lowest BCUT2D eigenvalue weighted by Crippen LogP contribution is -2.53. The molecule has 2 unspecified atom stereocenters. The van der Waals surface area contributed by atoms with E-state index in [1.807, 2.05) is 17.5 Å². The van der Waals surface area contributed by atoms with Gasteiger partial charge in [0.05, 0.1) is 12.6 Å². The molecule has 124 valence electrons. The molecule has 1 fully saturated rings. The number of rotatable bonds is 6. The van der Waals surface area contributed by atoms with Gasteiger partial charge in [0.15, 0.2) is 0 Å². The molecule has 1 aromatic heterocycles. The highest BCUT2D eigenvalue weighted by molar-refractivity contribution is 7.10. The molecule has 2 atom stereocenters. The van der Waals surface area contributed by atoms with E-state index < -0.39 is 5.60 Å². The number of hydrogen-bond donors (Lipinski definition) is 2. The Morgan fingerprint density at radius 1 is 1.41 bits per heavy atom. The molecule has 0 aliphatic carbocycles. The van der Waals surface area contributed by atoms with Crippen molar-refractivity contribution in [2.24, 2.45) is 5.92 Å². The largest absolute Gasteiger partial charge is 0.383 e. The Bertz CT molecular complexity index is 465. The number of aliphatic hydroxyl groups is 1. The first-order chi connectivity index (χ1) is 10.4. The van der Waals surface area contributed by atoms with Crippen LogP contribution in [0.5, 0.6) is 0 Å². The second kappa shape index (κ2) is 7.57. The molecule has 2 rings (SSSR count). The Hall–Kier alpha value is -0.910. The van der Waals surface area contributed by atoms with Crippen LogP contribution in [0.4, 0.5) is 0 Å². The lowest BCUT2D eigenvalue weighted by molar-refractivity contribution is -0.129. The normalized spacial score (nSPS) is 20.6. The van der Waals surface area contributed by atoms with Crippen LogP contribution in [0.2, 0.25) is 0 Å². The molecule has 1 aliphatic rings. The maximum atomic E-state index is 12.6. The Morgan fingerprint density at radius 3 is 2.64 bits per heavy atom. The molecule has 0 saturated carbocycles. The number of carbonyl (C=O) groups is 1. The number of piperidine rings is 1. The van der Waals surface area contributed by atoms with Gasteiger partial charge in [-0.05, 0) is 50.2 Å². The first kappa shape index (κ1) is 17.4. The number of amides is 1. The van der Waals surface area contributed by atoms with Gasteiger partial charge in [-0.1, -0.05) is 26.3 Å². The number of nitrogens with one attached hydrogen (secondary N) is 1. The average molecular weight is 324 g/mol. The van der Waals surface area contributed by atoms with E-state index in [9.17, 15) is 9.90 Å². The SMILES string of the molecule is CC(C)C(C(=O)NCC(C)(O)c1cccs1)N1CCCCC1. The zero-order valence-electron chi connectivity index (χ0n) is 13.8. The molecule has 1 amide bonds. The molecule has 1 aromatic rings. The summed E-state index contributed by atoms with van der Waals surface area (Å²) >= 11 is 1.51. The smallest absolute Gasteiger partial charge is 0.237 e. The molecule has 0 spiro atoms. The van der Waals surface area contributed by atoms with Crippen LogP contribution in [0, 0.1) is 5.92 Å². The Balaban J connectivity index is 1.96. The Kier molecular flexibility index (Phi) is 6.01. The molecule has 2 N–H and O–H groups in total. The molecule has 0 aromatic carbocycles. The standard InChI is InChI=1S/C17H28N2O2S/c1-13(2)15(19-9-5-4-6-10-19)16(20)18-12-17(3,21)14-8-7-11-22-14/h7-8,11,13,15,21H,4-6,9-10,12H2,1-3H3,(H,18,20). The van der Waals surface area contributed by atoms with Gasteiger partial charge in [0, 0.05) is 4.88 Å². The third kappa shape index (κ3) is 4.31. The lowest BCUT2D eigenvalue weighted by atomic mass is 9.98. The second-order valence-corrected chi connectivity index (χ2v) is 7.70. The number of thiophene rings is 1. The fraction of sp³-hybridized carbons (Fsp3) is 0.706. The number of hydrogen-bond acceptors (Lipinski definition) is 4. The van der Waals surface area contributed by atoms with Crippen LogP contribution in [0.3, 0.4) is 0 Å². The molecule has 22 heavy (non-hydrogen) atoms. The fourth-order valence-corrected chi connectivity index (χ4v) is 3.91. The predicted molar refractivity (Wildman–Crippen MR) is 90.9 cm³/mol. The van der Waals surface area contributed by atoms with Crippen molar-refractivity contribution in [1.29, 1.82) is 0 Å². The summed E-state index contributed by atoms with van der Waals surface area (Å²) in [5.74, 6) is 0.304. The van der Waals surface area contributed by atoms with Gasteiger partial charge < -0.3 is 10.4 Å². The minimum absolute atomic E-state index is 0.0359. The van der Waals surface area contributed by atoms with Crippen molar-refractivity contribution in [3.05, 3.63) is 22.4 Å². The molecular weight excluding hydrogens is 296 g/mol. The van der Waals surface area contributed by atoms with Crippen molar-refractivity contribution in [1.82, 2.24) is 10.2 Å². The van der Waals surface area contributed by atoms with Crippen LogP contribution in [-0.4, -0.2) is 41.6 Å². The lowest BCUT2D eigenvalue weighted by Gasteiger charge is -2.36. The maximum Gasteiger partial charge on any atom is 0.237 e. The van der Waals surface area contributed by atoms with Crippen molar-refractivity contribution in [2.75, 3.05) is 19.6 Å². The molecule has 0 radical (unpaired) electrons. The summed E-state index contributed by atoms with van der Waals surface area (Å²) in [6.45, 7) is 8.19. The van der Waals surface area contributed by atoms with Crippen molar-refractivity contribution in [2.45, 2.75) is 51.7 Å². The molecule has 1 aliphatic heterocycles. The molecule has 5 heteroatoms. The van der Waals surface area contributed by atoms with Crippen molar-refractivity contribution in [3.8, 4) is 0 Å². The van der Waals surface area contributed by atoms with Crippen molar-refractivity contribution < 1.29 is 9.90 Å².